The number of nitrogens with zero attached hydrogens (tertiary/aromatic N) is 1. The molecule has 2 rings (SSSR count). The molecule has 4 nitrogen and oxygen atoms in total. The van der Waals surface area contributed by atoms with E-state index in [1.54, 1.807) is 0 Å². The second-order valence-corrected chi connectivity index (χ2v) is 5.08. The van der Waals surface area contributed by atoms with Crippen LogP contribution in [-0.2, 0) is 6.42 Å². The highest BCUT2D eigenvalue weighted by Gasteiger charge is 2.15. The number of nitrogens with one attached hydrogen (secondary N) is 1. The molecule has 0 spiro atoms. The normalized spacial score (nSPS) is 15.6. The molecule has 1 unspecified atom stereocenters. The molecule has 0 saturated heterocycles. The van der Waals surface area contributed by atoms with Crippen LogP contribution in [0, 0.1) is 0 Å². The van der Waals surface area contributed by atoms with Gasteiger partial charge >= 0.3 is 0 Å². The van der Waals surface area contributed by atoms with Crippen LogP contribution in [0.3, 0.4) is 0 Å². The highest BCUT2D eigenvalue weighted by Crippen LogP contribution is 2.28. The zero-order valence-corrected chi connectivity index (χ0v) is 11.9. The monoisotopic (exact) mass is 264 g/mol. The van der Waals surface area contributed by atoms with Crippen LogP contribution in [-0.4, -0.2) is 49.4 Å². The Hall–Kier alpha value is -1.26. The molecular weight excluding hydrogens is 240 g/mol. The van der Waals surface area contributed by atoms with E-state index in [1.807, 2.05) is 0 Å². The van der Waals surface area contributed by atoms with Gasteiger partial charge in [0.1, 0.15) is 12.4 Å². The fourth-order valence-electron chi connectivity index (χ4n) is 2.54. The summed E-state index contributed by atoms with van der Waals surface area (Å²) in [5, 5.41) is 12.4. The molecule has 1 heterocycles. The zero-order valence-electron chi connectivity index (χ0n) is 11.9. The second-order valence-electron chi connectivity index (χ2n) is 5.08. The summed E-state index contributed by atoms with van der Waals surface area (Å²) in [4.78, 5) is 2.23. The Morgan fingerprint density at radius 2 is 2.32 bits per heavy atom. The van der Waals surface area contributed by atoms with Crippen molar-refractivity contribution in [3.63, 3.8) is 0 Å². The number of likely N-dealkylation sites (N-methyl/N-ethyl adjacent to an activating group) is 1. The molecule has 4 heteroatoms. The molecule has 19 heavy (non-hydrogen) atoms. The molecule has 106 valence electrons. The molecule has 0 aliphatic carbocycles. The van der Waals surface area contributed by atoms with Crippen LogP contribution in [0.4, 0.5) is 5.69 Å². The number of hydrogen-bond acceptors (Lipinski definition) is 4. The van der Waals surface area contributed by atoms with Crippen LogP contribution in [0.1, 0.15) is 18.9 Å². The van der Waals surface area contributed by atoms with Crippen molar-refractivity contribution < 1.29 is 9.84 Å². The zero-order chi connectivity index (χ0) is 13.7. The van der Waals surface area contributed by atoms with Gasteiger partial charge in [-0.25, -0.2) is 0 Å². The molecule has 1 aromatic carbocycles. The largest absolute Gasteiger partial charge is 0.490 e. The third-order valence-electron chi connectivity index (χ3n) is 3.74. The van der Waals surface area contributed by atoms with Gasteiger partial charge in [-0.3, -0.25) is 0 Å². The quantitative estimate of drug-likeness (QED) is 0.821. The van der Waals surface area contributed by atoms with Crippen LogP contribution < -0.4 is 10.1 Å². The summed E-state index contributed by atoms with van der Waals surface area (Å²) in [7, 11) is 2.07. The Morgan fingerprint density at radius 3 is 3.05 bits per heavy atom. The van der Waals surface area contributed by atoms with E-state index in [0.717, 1.165) is 44.0 Å². The molecule has 0 aromatic heterocycles. The topological polar surface area (TPSA) is 44.7 Å². The van der Waals surface area contributed by atoms with E-state index in [4.69, 9.17) is 9.84 Å². The lowest BCUT2D eigenvalue weighted by atomic mass is 10.0. The maximum Gasteiger partial charge on any atom is 0.142 e. The molecule has 0 radical (unpaired) electrons. The number of aliphatic hydroxyl groups excluding tert-OH is 1. The molecule has 0 bridgehead atoms. The van der Waals surface area contributed by atoms with Gasteiger partial charge in [0, 0.05) is 19.1 Å². The van der Waals surface area contributed by atoms with Crippen molar-refractivity contribution in [1.82, 2.24) is 4.90 Å². The van der Waals surface area contributed by atoms with Crippen molar-refractivity contribution in [1.29, 1.82) is 0 Å². The predicted molar refractivity (Wildman–Crippen MR) is 77.9 cm³/mol. The second kappa shape index (κ2) is 6.78. The number of benzene rings is 1. The van der Waals surface area contributed by atoms with Gasteiger partial charge in [-0.1, -0.05) is 13.0 Å². The SMILES string of the molecule is CCC(Cc1ccc2c(c1)NCCO2)N(C)CCO. The lowest BCUT2D eigenvalue weighted by molar-refractivity contribution is 0.175. The van der Waals surface area contributed by atoms with Crippen molar-refractivity contribution in [3.05, 3.63) is 23.8 Å². The molecule has 1 aromatic rings. The first-order chi connectivity index (χ1) is 9.24. The van der Waals surface area contributed by atoms with Gasteiger partial charge in [-0.2, -0.15) is 0 Å². The molecule has 1 aliphatic rings. The maximum atomic E-state index is 9.04. The van der Waals surface area contributed by atoms with Gasteiger partial charge in [-0.15, -0.1) is 0 Å². The molecule has 0 amide bonds. The predicted octanol–water partition coefficient (Wildman–Crippen LogP) is 1.74. The molecule has 0 fully saturated rings. The lowest BCUT2D eigenvalue weighted by Crippen LogP contribution is -2.35. The Bertz CT molecular complexity index is 409. The van der Waals surface area contributed by atoms with E-state index < -0.39 is 0 Å². The van der Waals surface area contributed by atoms with Crippen LogP contribution in [0.5, 0.6) is 5.75 Å². The summed E-state index contributed by atoms with van der Waals surface area (Å²) in [5.74, 6) is 0.951. The number of hydrogen-bond donors (Lipinski definition) is 2. The van der Waals surface area contributed by atoms with Crippen LogP contribution in [0.2, 0.25) is 0 Å². The van der Waals surface area contributed by atoms with Crippen LogP contribution in [0.15, 0.2) is 18.2 Å². The van der Waals surface area contributed by atoms with Gasteiger partial charge < -0.3 is 20.1 Å². The fraction of sp³-hybridized carbons (Fsp3) is 0.600. The van der Waals surface area contributed by atoms with Crippen molar-refractivity contribution in [3.8, 4) is 5.75 Å². The summed E-state index contributed by atoms with van der Waals surface area (Å²) in [6.07, 6.45) is 2.08. The van der Waals surface area contributed by atoms with Crippen molar-refractivity contribution in [2.75, 3.05) is 38.7 Å². The first-order valence-electron chi connectivity index (χ1n) is 7.05. The third kappa shape index (κ3) is 3.61. The van der Waals surface area contributed by atoms with Gasteiger partial charge in [0.15, 0.2) is 0 Å². The number of ether oxygens (including phenoxy) is 1. The average molecular weight is 264 g/mol. The van der Waals surface area contributed by atoms with Crippen LogP contribution >= 0.6 is 0 Å². The van der Waals surface area contributed by atoms with E-state index in [9.17, 15) is 0 Å². The van der Waals surface area contributed by atoms with E-state index in [-0.39, 0.29) is 6.61 Å². The van der Waals surface area contributed by atoms with E-state index in [2.05, 4.69) is 42.4 Å². The minimum Gasteiger partial charge on any atom is -0.490 e. The Morgan fingerprint density at radius 1 is 1.47 bits per heavy atom. The van der Waals surface area contributed by atoms with Crippen molar-refractivity contribution in [2.24, 2.45) is 0 Å². The maximum absolute atomic E-state index is 9.04. The summed E-state index contributed by atoms with van der Waals surface area (Å²) in [6.45, 7) is 4.75. The van der Waals surface area contributed by atoms with Crippen molar-refractivity contribution >= 4 is 5.69 Å². The molecule has 1 aliphatic heterocycles. The van der Waals surface area contributed by atoms with Gasteiger partial charge in [0.25, 0.3) is 0 Å². The highest BCUT2D eigenvalue weighted by atomic mass is 16.5. The molecular formula is C15H24N2O2. The van der Waals surface area contributed by atoms with Crippen LogP contribution in [0.25, 0.3) is 0 Å². The molecule has 0 saturated carbocycles. The Labute approximate surface area is 115 Å². The van der Waals surface area contributed by atoms with E-state index >= 15 is 0 Å². The minimum absolute atomic E-state index is 0.215. The summed E-state index contributed by atoms with van der Waals surface area (Å²) >= 11 is 0. The third-order valence-corrected chi connectivity index (χ3v) is 3.74. The summed E-state index contributed by atoms with van der Waals surface area (Å²) in [6, 6.07) is 6.84. The Kier molecular flexibility index (Phi) is 5.05. The number of aliphatic hydroxyl groups is 1. The Balaban J connectivity index is 2.05. The highest BCUT2D eigenvalue weighted by molar-refractivity contribution is 5.59. The van der Waals surface area contributed by atoms with Gasteiger partial charge in [0.2, 0.25) is 0 Å². The minimum atomic E-state index is 0.215. The standard InChI is InChI=1S/C15H24N2O2/c1-3-13(17(2)7-8-18)10-12-4-5-15-14(11-12)16-6-9-19-15/h4-5,11,13,16,18H,3,6-10H2,1-2H3. The summed E-state index contributed by atoms with van der Waals surface area (Å²) in [5.41, 5.74) is 2.41. The molecule has 2 N–H and O–H groups in total. The fourth-order valence-corrected chi connectivity index (χ4v) is 2.54. The number of rotatable bonds is 6. The number of anilines is 1. The van der Waals surface area contributed by atoms with Gasteiger partial charge in [0.05, 0.1) is 12.3 Å². The van der Waals surface area contributed by atoms with E-state index in [1.165, 1.54) is 5.56 Å². The number of fused-ring (bicyclic) bond motifs is 1. The lowest BCUT2D eigenvalue weighted by Gasteiger charge is -2.27. The smallest absolute Gasteiger partial charge is 0.142 e. The van der Waals surface area contributed by atoms with E-state index in [0.29, 0.717) is 6.04 Å². The average Bonchev–Trinajstić information content (AvgIpc) is 2.44. The molecule has 1 atom stereocenters. The summed E-state index contributed by atoms with van der Waals surface area (Å²) < 4.78 is 5.59. The van der Waals surface area contributed by atoms with Crippen molar-refractivity contribution in [2.45, 2.75) is 25.8 Å². The first-order valence-corrected chi connectivity index (χ1v) is 7.05. The first kappa shape index (κ1) is 14.2. The van der Waals surface area contributed by atoms with Gasteiger partial charge in [-0.05, 0) is 37.6 Å².